The molecule has 2 aromatic heterocycles. The van der Waals surface area contributed by atoms with E-state index < -0.39 is 6.10 Å². The smallest absolute Gasteiger partial charge is 0.109 e. The Morgan fingerprint density at radius 1 is 1.50 bits per heavy atom. The Labute approximate surface area is 94.6 Å². The van der Waals surface area contributed by atoms with E-state index in [4.69, 9.17) is 0 Å². The molecule has 16 heavy (non-hydrogen) atoms. The first-order valence-corrected chi connectivity index (χ1v) is 5.34. The van der Waals surface area contributed by atoms with Crippen LogP contribution in [0.4, 0.5) is 0 Å². The van der Waals surface area contributed by atoms with Gasteiger partial charge in [0.1, 0.15) is 6.10 Å². The predicted octanol–water partition coefficient (Wildman–Crippen LogP) is 1.69. The number of aliphatic hydroxyl groups excluding tert-OH is 1. The van der Waals surface area contributed by atoms with Crippen molar-refractivity contribution >= 4 is 0 Å². The number of nitrogens with zero attached hydrogens (tertiary/aromatic N) is 3. The SMILES string of the molecule is CCn1cc(C(O)c2cccnc2C)cn1. The minimum absolute atomic E-state index is 0.644. The highest BCUT2D eigenvalue weighted by molar-refractivity contribution is 5.29. The molecule has 1 N–H and O–H groups in total. The summed E-state index contributed by atoms with van der Waals surface area (Å²) in [5, 5.41) is 14.3. The third-order valence-corrected chi connectivity index (χ3v) is 2.64. The molecule has 1 atom stereocenters. The predicted molar refractivity (Wildman–Crippen MR) is 60.9 cm³/mol. The van der Waals surface area contributed by atoms with Crippen molar-refractivity contribution < 1.29 is 5.11 Å². The second-order valence-electron chi connectivity index (χ2n) is 3.71. The molecule has 2 heterocycles. The summed E-state index contributed by atoms with van der Waals surface area (Å²) in [5.41, 5.74) is 2.48. The van der Waals surface area contributed by atoms with Crippen LogP contribution < -0.4 is 0 Å². The van der Waals surface area contributed by atoms with Gasteiger partial charge in [-0.25, -0.2) is 0 Å². The second-order valence-corrected chi connectivity index (χ2v) is 3.71. The van der Waals surface area contributed by atoms with Gasteiger partial charge in [0.05, 0.1) is 6.20 Å². The molecular weight excluding hydrogens is 202 g/mol. The number of hydrogen-bond acceptors (Lipinski definition) is 3. The zero-order valence-corrected chi connectivity index (χ0v) is 9.46. The molecule has 0 radical (unpaired) electrons. The fourth-order valence-corrected chi connectivity index (χ4v) is 1.66. The van der Waals surface area contributed by atoms with E-state index in [2.05, 4.69) is 10.1 Å². The molecule has 0 aliphatic carbocycles. The van der Waals surface area contributed by atoms with Crippen molar-refractivity contribution in [3.05, 3.63) is 47.5 Å². The van der Waals surface area contributed by atoms with Gasteiger partial charge in [0.25, 0.3) is 0 Å². The summed E-state index contributed by atoms with van der Waals surface area (Å²) in [5.74, 6) is 0. The zero-order chi connectivity index (χ0) is 11.5. The Kier molecular flexibility index (Phi) is 3.01. The van der Waals surface area contributed by atoms with Gasteiger partial charge >= 0.3 is 0 Å². The highest BCUT2D eigenvalue weighted by atomic mass is 16.3. The van der Waals surface area contributed by atoms with Crippen molar-refractivity contribution in [3.63, 3.8) is 0 Å². The van der Waals surface area contributed by atoms with Gasteiger partial charge in [0.2, 0.25) is 0 Å². The van der Waals surface area contributed by atoms with Crippen LogP contribution in [0.5, 0.6) is 0 Å². The standard InChI is InChI=1S/C12H15N3O/c1-3-15-8-10(7-14-15)12(16)11-5-4-6-13-9(11)2/h4-8,12,16H,3H2,1-2H3. The maximum Gasteiger partial charge on any atom is 0.109 e. The molecule has 2 aromatic rings. The van der Waals surface area contributed by atoms with Gasteiger partial charge < -0.3 is 5.11 Å². The molecule has 0 saturated heterocycles. The number of aryl methyl sites for hydroxylation is 2. The second kappa shape index (κ2) is 4.45. The molecular formula is C12H15N3O. The van der Waals surface area contributed by atoms with Crippen molar-refractivity contribution in [2.75, 3.05) is 0 Å². The summed E-state index contributed by atoms with van der Waals surface area (Å²) in [6, 6.07) is 3.71. The van der Waals surface area contributed by atoms with Crippen LogP contribution in [0, 0.1) is 6.92 Å². The van der Waals surface area contributed by atoms with E-state index in [1.54, 1.807) is 17.1 Å². The molecule has 4 heteroatoms. The number of rotatable bonds is 3. The van der Waals surface area contributed by atoms with E-state index in [0.29, 0.717) is 0 Å². The van der Waals surface area contributed by atoms with E-state index in [9.17, 15) is 5.11 Å². The Balaban J connectivity index is 2.31. The fourth-order valence-electron chi connectivity index (χ4n) is 1.66. The average molecular weight is 217 g/mol. The molecule has 0 aliphatic rings. The van der Waals surface area contributed by atoms with Gasteiger partial charge in [-0.05, 0) is 19.9 Å². The van der Waals surface area contributed by atoms with Crippen molar-refractivity contribution in [2.45, 2.75) is 26.5 Å². The van der Waals surface area contributed by atoms with Gasteiger partial charge in [-0.1, -0.05) is 6.07 Å². The van der Waals surface area contributed by atoms with E-state index in [0.717, 1.165) is 23.4 Å². The summed E-state index contributed by atoms with van der Waals surface area (Å²) in [6.07, 6.45) is 4.63. The number of aliphatic hydroxyl groups is 1. The summed E-state index contributed by atoms with van der Waals surface area (Å²) < 4.78 is 1.80. The number of aromatic nitrogens is 3. The lowest BCUT2D eigenvalue weighted by Crippen LogP contribution is -2.02. The maximum atomic E-state index is 10.2. The monoisotopic (exact) mass is 217 g/mol. The van der Waals surface area contributed by atoms with Crippen LogP contribution in [-0.2, 0) is 6.54 Å². The molecule has 0 spiro atoms. The first kappa shape index (κ1) is 10.8. The molecule has 0 aromatic carbocycles. The van der Waals surface area contributed by atoms with Crippen LogP contribution in [0.1, 0.15) is 29.8 Å². The van der Waals surface area contributed by atoms with Crippen molar-refractivity contribution in [3.8, 4) is 0 Å². The number of hydrogen-bond donors (Lipinski definition) is 1. The summed E-state index contributed by atoms with van der Waals surface area (Å²) in [6.45, 7) is 4.71. The first-order chi connectivity index (χ1) is 7.72. The van der Waals surface area contributed by atoms with E-state index in [1.807, 2.05) is 32.2 Å². The summed E-state index contributed by atoms with van der Waals surface area (Å²) >= 11 is 0. The molecule has 0 aliphatic heterocycles. The van der Waals surface area contributed by atoms with Gasteiger partial charge in [-0.15, -0.1) is 0 Å². The van der Waals surface area contributed by atoms with Crippen LogP contribution >= 0.6 is 0 Å². The highest BCUT2D eigenvalue weighted by Crippen LogP contribution is 2.22. The number of pyridine rings is 1. The minimum atomic E-state index is -0.644. The van der Waals surface area contributed by atoms with Crippen molar-refractivity contribution in [2.24, 2.45) is 0 Å². The normalized spacial score (nSPS) is 12.7. The molecule has 2 rings (SSSR count). The zero-order valence-electron chi connectivity index (χ0n) is 9.46. The summed E-state index contributed by atoms with van der Waals surface area (Å²) in [7, 11) is 0. The van der Waals surface area contributed by atoms with E-state index >= 15 is 0 Å². The first-order valence-electron chi connectivity index (χ1n) is 5.34. The lowest BCUT2D eigenvalue weighted by molar-refractivity contribution is 0.219. The molecule has 84 valence electrons. The van der Waals surface area contributed by atoms with Crippen molar-refractivity contribution in [1.82, 2.24) is 14.8 Å². The lowest BCUT2D eigenvalue weighted by atomic mass is 10.0. The van der Waals surface area contributed by atoms with Gasteiger partial charge in [0, 0.05) is 35.8 Å². The third-order valence-electron chi connectivity index (χ3n) is 2.64. The molecule has 0 fully saturated rings. The van der Waals surface area contributed by atoms with Crippen LogP contribution in [0.3, 0.4) is 0 Å². The Morgan fingerprint density at radius 2 is 2.31 bits per heavy atom. The van der Waals surface area contributed by atoms with E-state index in [-0.39, 0.29) is 0 Å². The Hall–Kier alpha value is -1.68. The molecule has 0 amide bonds. The van der Waals surface area contributed by atoms with Gasteiger partial charge in [0.15, 0.2) is 0 Å². The average Bonchev–Trinajstić information content (AvgIpc) is 2.77. The van der Waals surface area contributed by atoms with E-state index in [1.165, 1.54) is 0 Å². The third kappa shape index (κ3) is 1.97. The molecule has 4 nitrogen and oxygen atoms in total. The highest BCUT2D eigenvalue weighted by Gasteiger charge is 2.14. The minimum Gasteiger partial charge on any atom is -0.383 e. The molecule has 0 saturated carbocycles. The van der Waals surface area contributed by atoms with Gasteiger partial charge in [-0.3, -0.25) is 9.67 Å². The quantitative estimate of drug-likeness (QED) is 0.851. The van der Waals surface area contributed by atoms with Crippen LogP contribution in [0.15, 0.2) is 30.7 Å². The lowest BCUT2D eigenvalue weighted by Gasteiger charge is -2.10. The maximum absolute atomic E-state index is 10.2. The molecule has 0 bridgehead atoms. The fraction of sp³-hybridized carbons (Fsp3) is 0.333. The van der Waals surface area contributed by atoms with Crippen LogP contribution in [0.25, 0.3) is 0 Å². The Morgan fingerprint density at radius 3 is 2.94 bits per heavy atom. The Bertz CT molecular complexity index is 479. The van der Waals surface area contributed by atoms with Crippen LogP contribution in [-0.4, -0.2) is 19.9 Å². The molecule has 1 unspecified atom stereocenters. The van der Waals surface area contributed by atoms with Crippen LogP contribution in [0.2, 0.25) is 0 Å². The summed E-state index contributed by atoms with van der Waals surface area (Å²) in [4.78, 5) is 4.17. The topological polar surface area (TPSA) is 50.9 Å². The van der Waals surface area contributed by atoms with Crippen molar-refractivity contribution in [1.29, 1.82) is 0 Å². The van der Waals surface area contributed by atoms with Gasteiger partial charge in [-0.2, -0.15) is 5.10 Å². The largest absolute Gasteiger partial charge is 0.383 e.